The smallest absolute Gasteiger partial charge is 0.226 e. The zero-order valence-electron chi connectivity index (χ0n) is 12.6. The topological polar surface area (TPSA) is 58.6 Å². The fourth-order valence-corrected chi connectivity index (χ4v) is 2.27. The second-order valence-corrected chi connectivity index (χ2v) is 5.17. The summed E-state index contributed by atoms with van der Waals surface area (Å²) < 4.78 is 5.47. The molecule has 1 aromatic rings. The van der Waals surface area contributed by atoms with Gasteiger partial charge in [-0.3, -0.25) is 9.59 Å². The highest BCUT2D eigenvalue weighted by Gasteiger charge is 2.30. The van der Waals surface area contributed by atoms with Crippen LogP contribution in [0.3, 0.4) is 0 Å². The Morgan fingerprint density at radius 1 is 1.33 bits per heavy atom. The first-order chi connectivity index (χ1) is 10.1. The molecule has 0 bridgehead atoms. The number of carbonyl (C=O) groups excluding carboxylic acids is 2. The zero-order chi connectivity index (χ0) is 15.2. The quantitative estimate of drug-likeness (QED) is 0.839. The van der Waals surface area contributed by atoms with Crippen molar-refractivity contribution in [3.05, 3.63) is 24.3 Å². The van der Waals surface area contributed by atoms with E-state index in [0.717, 1.165) is 12.8 Å². The minimum atomic E-state index is -0.103. The van der Waals surface area contributed by atoms with Crippen LogP contribution in [-0.2, 0) is 9.59 Å². The van der Waals surface area contributed by atoms with Gasteiger partial charge in [-0.25, -0.2) is 0 Å². The molecule has 1 aliphatic carbocycles. The lowest BCUT2D eigenvalue weighted by Crippen LogP contribution is -2.33. The lowest BCUT2D eigenvalue weighted by molar-refractivity contribution is -0.129. The van der Waals surface area contributed by atoms with Crippen LogP contribution in [0.4, 0.5) is 5.69 Å². The number of hydrogen-bond donors (Lipinski definition) is 1. The van der Waals surface area contributed by atoms with Crippen molar-refractivity contribution in [3.63, 3.8) is 0 Å². The fourth-order valence-electron chi connectivity index (χ4n) is 2.27. The Bertz CT molecular complexity index is 512. The lowest BCUT2D eigenvalue weighted by atomic mass is 10.2. The number of anilines is 1. The van der Waals surface area contributed by atoms with Gasteiger partial charge in [0.15, 0.2) is 0 Å². The van der Waals surface area contributed by atoms with Crippen molar-refractivity contribution in [2.45, 2.75) is 39.2 Å². The van der Waals surface area contributed by atoms with Crippen molar-refractivity contribution in [3.8, 4) is 5.75 Å². The maximum atomic E-state index is 12.0. The number of benzene rings is 1. The van der Waals surface area contributed by atoms with Crippen LogP contribution in [0.15, 0.2) is 24.3 Å². The molecule has 1 fully saturated rings. The van der Waals surface area contributed by atoms with Gasteiger partial charge in [-0.1, -0.05) is 12.1 Å². The van der Waals surface area contributed by atoms with Crippen LogP contribution in [0.5, 0.6) is 5.75 Å². The Labute approximate surface area is 125 Å². The van der Waals surface area contributed by atoms with Gasteiger partial charge in [0.05, 0.1) is 12.3 Å². The van der Waals surface area contributed by atoms with Crippen molar-refractivity contribution in [1.82, 2.24) is 4.90 Å². The van der Waals surface area contributed by atoms with Gasteiger partial charge in [0.2, 0.25) is 11.8 Å². The van der Waals surface area contributed by atoms with Crippen molar-refractivity contribution in [1.29, 1.82) is 0 Å². The van der Waals surface area contributed by atoms with Gasteiger partial charge in [0.1, 0.15) is 5.75 Å². The van der Waals surface area contributed by atoms with Crippen LogP contribution in [-0.4, -0.2) is 35.9 Å². The Hall–Kier alpha value is -2.04. The summed E-state index contributed by atoms with van der Waals surface area (Å²) in [6, 6.07) is 7.69. The maximum Gasteiger partial charge on any atom is 0.226 e. The Morgan fingerprint density at radius 2 is 2.05 bits per heavy atom. The molecule has 5 nitrogen and oxygen atoms in total. The molecule has 2 amide bonds. The first kappa shape index (κ1) is 15.4. The van der Waals surface area contributed by atoms with Crippen LogP contribution < -0.4 is 10.1 Å². The van der Waals surface area contributed by atoms with Gasteiger partial charge in [-0.15, -0.1) is 0 Å². The molecule has 1 saturated carbocycles. The molecule has 0 radical (unpaired) electrons. The summed E-state index contributed by atoms with van der Waals surface area (Å²) in [5.41, 5.74) is 0.671. The summed E-state index contributed by atoms with van der Waals surface area (Å²) in [4.78, 5) is 25.3. The van der Waals surface area contributed by atoms with Crippen LogP contribution in [0.25, 0.3) is 0 Å². The molecule has 21 heavy (non-hydrogen) atoms. The molecule has 1 aromatic carbocycles. The summed E-state index contributed by atoms with van der Waals surface area (Å²) in [6.07, 6.45) is 2.40. The SMILES string of the molecule is CCOc1ccccc1NC(=O)CCN(C(C)=O)C1CC1. The fraction of sp³-hybridized carbons (Fsp3) is 0.500. The molecule has 0 aliphatic heterocycles. The van der Waals surface area contributed by atoms with Crippen molar-refractivity contribution in [2.75, 3.05) is 18.5 Å². The van der Waals surface area contributed by atoms with Gasteiger partial charge in [-0.05, 0) is 31.9 Å². The van der Waals surface area contributed by atoms with E-state index in [4.69, 9.17) is 4.74 Å². The van der Waals surface area contributed by atoms with Gasteiger partial charge >= 0.3 is 0 Å². The third kappa shape index (κ3) is 4.48. The van der Waals surface area contributed by atoms with Crippen LogP contribution >= 0.6 is 0 Å². The summed E-state index contributed by atoms with van der Waals surface area (Å²) in [6.45, 7) is 4.48. The van der Waals surface area contributed by atoms with E-state index in [1.54, 1.807) is 11.8 Å². The van der Waals surface area contributed by atoms with E-state index in [9.17, 15) is 9.59 Å². The highest BCUT2D eigenvalue weighted by atomic mass is 16.5. The molecule has 1 N–H and O–H groups in total. The molecule has 114 valence electrons. The van der Waals surface area contributed by atoms with Crippen LogP contribution in [0.2, 0.25) is 0 Å². The molecule has 0 atom stereocenters. The van der Waals surface area contributed by atoms with Crippen molar-refractivity contribution >= 4 is 17.5 Å². The first-order valence-electron chi connectivity index (χ1n) is 7.40. The molecular formula is C16H22N2O3. The summed E-state index contributed by atoms with van der Waals surface area (Å²) in [5.74, 6) is 0.605. The molecule has 0 aromatic heterocycles. The van der Waals surface area contributed by atoms with E-state index in [1.165, 1.54) is 0 Å². The number of hydrogen-bond acceptors (Lipinski definition) is 3. The molecular weight excluding hydrogens is 268 g/mol. The third-order valence-electron chi connectivity index (χ3n) is 3.43. The van der Waals surface area contributed by atoms with E-state index < -0.39 is 0 Å². The van der Waals surface area contributed by atoms with E-state index in [0.29, 0.717) is 37.1 Å². The standard InChI is InChI=1S/C16H22N2O3/c1-3-21-15-7-5-4-6-14(15)17-16(20)10-11-18(12(2)19)13-8-9-13/h4-7,13H,3,8-11H2,1-2H3,(H,17,20). The largest absolute Gasteiger partial charge is 0.492 e. The van der Waals surface area contributed by atoms with E-state index >= 15 is 0 Å². The second-order valence-electron chi connectivity index (χ2n) is 5.17. The van der Waals surface area contributed by atoms with Gasteiger partial charge in [-0.2, -0.15) is 0 Å². The normalized spacial score (nSPS) is 13.6. The average molecular weight is 290 g/mol. The Balaban J connectivity index is 1.88. The predicted molar refractivity (Wildman–Crippen MR) is 81.3 cm³/mol. The lowest BCUT2D eigenvalue weighted by Gasteiger charge is -2.20. The van der Waals surface area contributed by atoms with Crippen molar-refractivity contribution < 1.29 is 14.3 Å². The summed E-state index contributed by atoms with van der Waals surface area (Å²) >= 11 is 0. The van der Waals surface area contributed by atoms with Crippen LogP contribution in [0, 0.1) is 0 Å². The van der Waals surface area contributed by atoms with Gasteiger partial charge < -0.3 is 15.0 Å². The summed E-state index contributed by atoms with van der Waals surface area (Å²) in [7, 11) is 0. The molecule has 5 heteroatoms. The number of carbonyl (C=O) groups is 2. The second kappa shape index (κ2) is 7.11. The monoisotopic (exact) mass is 290 g/mol. The van der Waals surface area contributed by atoms with Gasteiger partial charge in [0.25, 0.3) is 0 Å². The number of para-hydroxylation sites is 2. The molecule has 0 unspecified atom stereocenters. The Morgan fingerprint density at radius 3 is 2.67 bits per heavy atom. The minimum absolute atomic E-state index is 0.0417. The summed E-state index contributed by atoms with van der Waals surface area (Å²) in [5, 5.41) is 2.85. The minimum Gasteiger partial charge on any atom is -0.492 e. The van der Waals surface area contributed by atoms with E-state index in [-0.39, 0.29) is 11.8 Å². The van der Waals surface area contributed by atoms with Gasteiger partial charge in [0, 0.05) is 25.9 Å². The highest BCUT2D eigenvalue weighted by Crippen LogP contribution is 2.27. The Kier molecular flexibility index (Phi) is 5.20. The average Bonchev–Trinajstić information content (AvgIpc) is 3.26. The van der Waals surface area contributed by atoms with Crippen LogP contribution in [0.1, 0.15) is 33.1 Å². The van der Waals surface area contributed by atoms with E-state index in [2.05, 4.69) is 5.32 Å². The molecule has 1 aliphatic rings. The molecule has 2 rings (SSSR count). The zero-order valence-corrected chi connectivity index (χ0v) is 12.6. The number of amides is 2. The third-order valence-corrected chi connectivity index (χ3v) is 3.43. The number of rotatable bonds is 7. The first-order valence-corrected chi connectivity index (χ1v) is 7.40. The number of ether oxygens (including phenoxy) is 1. The maximum absolute atomic E-state index is 12.0. The molecule has 0 spiro atoms. The van der Waals surface area contributed by atoms with Crippen molar-refractivity contribution in [2.24, 2.45) is 0 Å². The number of nitrogens with one attached hydrogen (secondary N) is 1. The molecule has 0 saturated heterocycles. The number of nitrogens with zero attached hydrogens (tertiary/aromatic N) is 1. The van der Waals surface area contributed by atoms with E-state index in [1.807, 2.05) is 31.2 Å². The predicted octanol–water partition coefficient (Wildman–Crippen LogP) is 2.42. The molecule has 0 heterocycles. The highest BCUT2D eigenvalue weighted by molar-refractivity contribution is 5.92.